The van der Waals surface area contributed by atoms with Gasteiger partial charge in [-0.1, -0.05) is 36.4 Å². The van der Waals surface area contributed by atoms with Crippen molar-refractivity contribution < 1.29 is 49.0 Å². The smallest absolute Gasteiger partial charge is 0.308 e. The van der Waals surface area contributed by atoms with E-state index in [1.54, 1.807) is 12.2 Å². The average Bonchev–Trinajstić information content (AvgIpc) is 2.95. The van der Waals surface area contributed by atoms with Gasteiger partial charge in [-0.15, -0.1) is 0 Å². The monoisotopic (exact) mass is 560 g/mol. The van der Waals surface area contributed by atoms with Crippen LogP contribution in [-0.2, 0) is 9.53 Å². The number of ether oxygens (including phenoxy) is 3. The molecule has 1 saturated heterocycles. The molecule has 0 bridgehead atoms. The number of esters is 1. The average molecular weight is 561 g/mol. The molecule has 0 spiro atoms. The number of carbonyl (C=O) groups excluding carboxylic acids is 3. The first-order valence-electron chi connectivity index (χ1n) is 12.9. The Morgan fingerprint density at radius 3 is 2.24 bits per heavy atom. The van der Waals surface area contributed by atoms with E-state index in [1.807, 2.05) is 30.3 Å². The van der Waals surface area contributed by atoms with E-state index in [0.717, 1.165) is 5.56 Å². The number of ketones is 2. The lowest BCUT2D eigenvalue weighted by Gasteiger charge is -2.39. The summed E-state index contributed by atoms with van der Waals surface area (Å²) >= 11 is 0. The lowest BCUT2D eigenvalue weighted by atomic mass is 9.80. The molecule has 4 N–H and O–H groups in total. The van der Waals surface area contributed by atoms with Crippen LogP contribution in [0.2, 0.25) is 0 Å². The Kier molecular flexibility index (Phi) is 7.50. The minimum absolute atomic E-state index is 0.0199. The molecule has 0 radical (unpaired) electrons. The highest BCUT2D eigenvalue weighted by Gasteiger charge is 2.44. The molecule has 3 aromatic rings. The summed E-state index contributed by atoms with van der Waals surface area (Å²) in [5, 5.41) is 41.6. The van der Waals surface area contributed by atoms with Gasteiger partial charge in [-0.05, 0) is 43.7 Å². The molecule has 212 valence electrons. The topological polar surface area (TPSA) is 160 Å². The van der Waals surface area contributed by atoms with Gasteiger partial charge in [-0.2, -0.15) is 0 Å². The van der Waals surface area contributed by atoms with E-state index in [4.69, 9.17) is 14.2 Å². The van der Waals surface area contributed by atoms with Crippen molar-refractivity contribution in [3.05, 3.63) is 87.5 Å². The molecular formula is C31H28O10. The number of phenolic OH excluding ortho intramolecular Hbond substituents is 1. The maximum Gasteiger partial charge on any atom is 0.308 e. The van der Waals surface area contributed by atoms with Crippen molar-refractivity contribution in [2.45, 2.75) is 51.5 Å². The predicted molar refractivity (Wildman–Crippen MR) is 146 cm³/mol. The molecule has 0 amide bonds. The van der Waals surface area contributed by atoms with Crippen LogP contribution in [0.3, 0.4) is 0 Å². The number of hydrogen-bond acceptors (Lipinski definition) is 10. The molecule has 10 nitrogen and oxygen atoms in total. The van der Waals surface area contributed by atoms with Gasteiger partial charge in [0, 0.05) is 34.7 Å². The van der Waals surface area contributed by atoms with Crippen molar-refractivity contribution in [3.63, 3.8) is 0 Å². The van der Waals surface area contributed by atoms with Crippen LogP contribution in [0.1, 0.15) is 62.4 Å². The molecule has 5 unspecified atom stereocenters. The van der Waals surface area contributed by atoms with Gasteiger partial charge in [0.15, 0.2) is 11.6 Å². The maximum absolute atomic E-state index is 14.0. The highest BCUT2D eigenvalue weighted by Crippen LogP contribution is 2.43. The molecule has 2 aliphatic rings. The number of carbonyl (C=O) groups is 3. The van der Waals surface area contributed by atoms with Crippen LogP contribution in [0.15, 0.2) is 48.5 Å². The minimum atomic E-state index is -1.64. The second-order valence-corrected chi connectivity index (χ2v) is 9.97. The highest BCUT2D eigenvalue weighted by atomic mass is 16.7. The summed E-state index contributed by atoms with van der Waals surface area (Å²) in [6.45, 7) is 4.16. The fourth-order valence-electron chi connectivity index (χ4n) is 4.97. The summed E-state index contributed by atoms with van der Waals surface area (Å²) in [6, 6.07) is 13.2. The third kappa shape index (κ3) is 5.02. The Labute approximate surface area is 235 Å². The van der Waals surface area contributed by atoms with Gasteiger partial charge in [0.05, 0.1) is 11.7 Å². The minimum Gasteiger partial charge on any atom is -0.507 e. The number of aliphatic hydroxyl groups excluding tert-OH is 3. The Balaban J connectivity index is 1.62. The molecule has 0 aromatic heterocycles. The fourth-order valence-corrected chi connectivity index (χ4v) is 4.97. The molecule has 41 heavy (non-hydrogen) atoms. The number of phenols is 1. The maximum atomic E-state index is 14.0. The number of aliphatic hydroxyl groups is 3. The molecule has 10 heteroatoms. The van der Waals surface area contributed by atoms with Crippen LogP contribution >= 0.6 is 0 Å². The van der Waals surface area contributed by atoms with E-state index < -0.39 is 54.0 Å². The van der Waals surface area contributed by atoms with Gasteiger partial charge < -0.3 is 34.6 Å². The summed E-state index contributed by atoms with van der Waals surface area (Å²) in [7, 11) is 0. The molecule has 0 saturated carbocycles. The van der Waals surface area contributed by atoms with Gasteiger partial charge in [0.2, 0.25) is 6.29 Å². The van der Waals surface area contributed by atoms with Crippen molar-refractivity contribution in [3.8, 4) is 17.2 Å². The SMILES string of the molecule is CC(=O)Oc1ccc2c(c1C=Cc1ccccc1)C(=O)c1cc(OC3OC(C)C(O)C(O)C3O)c(C)c(O)c1C2=O. The zero-order valence-electron chi connectivity index (χ0n) is 22.4. The summed E-state index contributed by atoms with van der Waals surface area (Å²) in [5.74, 6) is -2.38. The first-order chi connectivity index (χ1) is 19.5. The van der Waals surface area contributed by atoms with Gasteiger partial charge in [-0.25, -0.2) is 0 Å². The molecule has 3 aromatic carbocycles. The van der Waals surface area contributed by atoms with E-state index >= 15 is 0 Å². The third-order valence-electron chi connectivity index (χ3n) is 7.20. The molecular weight excluding hydrogens is 532 g/mol. The first-order valence-corrected chi connectivity index (χ1v) is 12.9. The molecule has 1 aliphatic heterocycles. The second-order valence-electron chi connectivity index (χ2n) is 9.97. The van der Waals surface area contributed by atoms with Crippen LogP contribution in [0.25, 0.3) is 12.2 Å². The molecule has 1 heterocycles. The molecule has 1 aliphatic carbocycles. The zero-order valence-corrected chi connectivity index (χ0v) is 22.4. The van der Waals surface area contributed by atoms with Crippen LogP contribution < -0.4 is 9.47 Å². The summed E-state index contributed by atoms with van der Waals surface area (Å²) in [4.78, 5) is 39.5. The molecule has 5 atom stereocenters. The Morgan fingerprint density at radius 2 is 1.56 bits per heavy atom. The largest absolute Gasteiger partial charge is 0.507 e. The summed E-state index contributed by atoms with van der Waals surface area (Å²) in [6.07, 6.45) is -3.61. The van der Waals surface area contributed by atoms with Gasteiger partial charge in [0.25, 0.3) is 0 Å². The fraction of sp³-hybridized carbons (Fsp3) is 0.258. The van der Waals surface area contributed by atoms with Gasteiger partial charge in [0.1, 0.15) is 35.6 Å². The van der Waals surface area contributed by atoms with E-state index in [1.165, 1.54) is 39.0 Å². The zero-order chi connectivity index (χ0) is 29.6. The van der Waals surface area contributed by atoms with E-state index in [2.05, 4.69) is 0 Å². The number of benzene rings is 3. The number of rotatable bonds is 5. The normalized spacial score (nSPS) is 23.7. The van der Waals surface area contributed by atoms with Crippen molar-refractivity contribution in [1.29, 1.82) is 0 Å². The van der Waals surface area contributed by atoms with E-state index in [9.17, 15) is 34.8 Å². The van der Waals surface area contributed by atoms with Gasteiger partial charge in [-0.3, -0.25) is 14.4 Å². The lowest BCUT2D eigenvalue weighted by Crippen LogP contribution is -2.58. The van der Waals surface area contributed by atoms with Crippen molar-refractivity contribution in [2.75, 3.05) is 0 Å². The van der Waals surface area contributed by atoms with Crippen LogP contribution in [0.5, 0.6) is 17.2 Å². The van der Waals surface area contributed by atoms with E-state index in [-0.39, 0.29) is 44.9 Å². The number of hydrogen-bond donors (Lipinski definition) is 4. The van der Waals surface area contributed by atoms with Crippen LogP contribution in [-0.4, -0.2) is 68.7 Å². The van der Waals surface area contributed by atoms with E-state index in [0.29, 0.717) is 0 Å². The molecule has 1 fully saturated rings. The highest BCUT2D eigenvalue weighted by molar-refractivity contribution is 6.31. The van der Waals surface area contributed by atoms with Crippen molar-refractivity contribution in [1.82, 2.24) is 0 Å². The number of aromatic hydroxyl groups is 1. The first kappa shape index (κ1) is 28.2. The summed E-state index contributed by atoms with van der Waals surface area (Å²) in [5.41, 5.74) is 0.692. The van der Waals surface area contributed by atoms with Crippen LogP contribution in [0, 0.1) is 6.92 Å². The Hall–Kier alpha value is -4.35. The Bertz CT molecular complexity index is 1580. The standard InChI is InChI=1S/C31H28O10/c1-14-22(41-31-30(38)29(37)26(34)15(2)39-31)13-20-24(25(14)33)27(35)19-11-12-21(40-16(3)32)18(23(19)28(20)36)10-9-17-7-5-4-6-8-17/h4-13,15,26,29-31,33-34,37-38H,1-3H3. The third-order valence-corrected chi connectivity index (χ3v) is 7.20. The predicted octanol–water partition coefficient (Wildman–Crippen LogP) is 2.78. The number of fused-ring (bicyclic) bond motifs is 2. The van der Waals surface area contributed by atoms with Crippen LogP contribution in [0.4, 0.5) is 0 Å². The summed E-state index contributed by atoms with van der Waals surface area (Å²) < 4.78 is 16.6. The quantitative estimate of drug-likeness (QED) is 0.162. The van der Waals surface area contributed by atoms with Crippen molar-refractivity contribution >= 4 is 29.7 Å². The van der Waals surface area contributed by atoms with Crippen molar-refractivity contribution in [2.24, 2.45) is 0 Å². The van der Waals surface area contributed by atoms with Gasteiger partial charge >= 0.3 is 5.97 Å². The lowest BCUT2D eigenvalue weighted by molar-refractivity contribution is -0.268. The Morgan fingerprint density at radius 1 is 0.878 bits per heavy atom. The molecule has 5 rings (SSSR count). The second kappa shape index (κ2) is 10.9.